The van der Waals surface area contributed by atoms with Crippen LogP contribution in [0.3, 0.4) is 0 Å². The van der Waals surface area contributed by atoms with Gasteiger partial charge in [-0.25, -0.2) is 14.4 Å². The van der Waals surface area contributed by atoms with Gasteiger partial charge in [-0.3, -0.25) is 0 Å². The first-order valence-electron chi connectivity index (χ1n) is 6.95. The maximum absolute atomic E-state index is 13.4. The molecule has 1 unspecified atom stereocenters. The molecule has 3 N–H and O–H groups in total. The van der Waals surface area contributed by atoms with Crippen molar-refractivity contribution in [3.63, 3.8) is 0 Å². The van der Waals surface area contributed by atoms with Crippen LogP contribution in [0.1, 0.15) is 37.6 Å². The number of aromatic hydroxyl groups is 1. The fourth-order valence-electron chi connectivity index (χ4n) is 2.95. The van der Waals surface area contributed by atoms with Crippen molar-refractivity contribution in [2.45, 2.75) is 32.7 Å². The van der Waals surface area contributed by atoms with Crippen LogP contribution in [0.2, 0.25) is 0 Å². The molecule has 1 aromatic heterocycles. The molecular weight excluding hydrogens is 269 g/mol. The predicted molar refractivity (Wildman–Crippen MR) is 78.1 cm³/mol. The van der Waals surface area contributed by atoms with Gasteiger partial charge in [0.25, 0.3) is 0 Å². The third-order valence-corrected chi connectivity index (χ3v) is 3.86. The zero-order chi connectivity index (χ0) is 15.2. The Morgan fingerprint density at radius 1 is 1.33 bits per heavy atom. The number of halogens is 1. The average Bonchev–Trinajstić information content (AvgIpc) is 2.35. The van der Waals surface area contributed by atoms with Gasteiger partial charge >= 0.3 is 0 Å². The smallest absolute Gasteiger partial charge is 0.159 e. The average molecular weight is 287 g/mol. The number of nitrogens with two attached hydrogens (primary N) is 1. The number of aromatic nitrogens is 2. The Morgan fingerprint density at radius 2 is 2.10 bits per heavy atom. The van der Waals surface area contributed by atoms with E-state index in [-0.39, 0.29) is 17.2 Å². The van der Waals surface area contributed by atoms with Crippen molar-refractivity contribution < 1.29 is 9.50 Å². The van der Waals surface area contributed by atoms with Crippen LogP contribution in [-0.4, -0.2) is 15.1 Å². The summed E-state index contributed by atoms with van der Waals surface area (Å²) in [6, 6.07) is 3.76. The van der Waals surface area contributed by atoms with Crippen molar-refractivity contribution in [2.24, 2.45) is 11.1 Å². The monoisotopic (exact) mass is 287 g/mol. The van der Waals surface area contributed by atoms with Crippen LogP contribution >= 0.6 is 0 Å². The van der Waals surface area contributed by atoms with E-state index in [0.29, 0.717) is 11.4 Å². The molecule has 1 aliphatic rings. The summed E-state index contributed by atoms with van der Waals surface area (Å²) >= 11 is 0. The van der Waals surface area contributed by atoms with E-state index in [2.05, 4.69) is 23.8 Å². The van der Waals surface area contributed by atoms with Crippen LogP contribution in [0.15, 0.2) is 24.4 Å². The van der Waals surface area contributed by atoms with E-state index in [1.54, 1.807) is 6.20 Å². The molecule has 21 heavy (non-hydrogen) atoms. The summed E-state index contributed by atoms with van der Waals surface area (Å²) in [6.07, 6.45) is 3.43. The van der Waals surface area contributed by atoms with E-state index >= 15 is 0 Å². The molecule has 0 bridgehead atoms. The van der Waals surface area contributed by atoms with Crippen LogP contribution in [0.4, 0.5) is 4.39 Å². The highest BCUT2D eigenvalue weighted by molar-refractivity contribution is 5.58. The predicted octanol–water partition coefficient (Wildman–Crippen LogP) is 2.96. The van der Waals surface area contributed by atoms with Crippen molar-refractivity contribution in [1.29, 1.82) is 0 Å². The molecule has 4 nitrogen and oxygen atoms in total. The lowest BCUT2D eigenvalue weighted by atomic mass is 9.74. The van der Waals surface area contributed by atoms with Gasteiger partial charge in [-0.2, -0.15) is 0 Å². The van der Waals surface area contributed by atoms with Crippen molar-refractivity contribution in [2.75, 3.05) is 0 Å². The van der Waals surface area contributed by atoms with Gasteiger partial charge in [-0.1, -0.05) is 13.8 Å². The number of hydrogen-bond donors (Lipinski definition) is 2. The van der Waals surface area contributed by atoms with Crippen molar-refractivity contribution in [3.8, 4) is 17.1 Å². The van der Waals surface area contributed by atoms with Crippen LogP contribution in [0, 0.1) is 11.2 Å². The summed E-state index contributed by atoms with van der Waals surface area (Å²) in [6.45, 7) is 4.32. The number of benzene rings is 1. The summed E-state index contributed by atoms with van der Waals surface area (Å²) in [4.78, 5) is 8.82. The first-order valence-corrected chi connectivity index (χ1v) is 6.95. The number of nitrogens with zero attached hydrogens (tertiary/aromatic N) is 2. The second kappa shape index (κ2) is 4.77. The Balaban J connectivity index is 2.07. The number of rotatable bonds is 1. The van der Waals surface area contributed by atoms with Crippen molar-refractivity contribution in [1.82, 2.24) is 9.97 Å². The molecule has 0 radical (unpaired) electrons. The normalized spacial score (nSPS) is 20.1. The third kappa shape index (κ3) is 2.74. The summed E-state index contributed by atoms with van der Waals surface area (Å²) in [7, 11) is 0. The highest BCUT2D eigenvalue weighted by Gasteiger charge is 2.31. The zero-order valence-corrected chi connectivity index (χ0v) is 12.1. The number of hydrogen-bond acceptors (Lipinski definition) is 4. The van der Waals surface area contributed by atoms with Gasteiger partial charge < -0.3 is 10.8 Å². The van der Waals surface area contributed by atoms with E-state index in [9.17, 15) is 9.50 Å². The van der Waals surface area contributed by atoms with E-state index < -0.39 is 5.82 Å². The molecule has 1 heterocycles. The van der Waals surface area contributed by atoms with Gasteiger partial charge in [0.05, 0.1) is 0 Å². The standard InChI is InChI=1S/C16H18FN3O/c1-16(2)6-13(18)12-8-19-15(20-14(12)7-16)9-3-10(17)5-11(21)4-9/h3-5,8,13,21H,6-7,18H2,1-2H3. The fourth-order valence-corrected chi connectivity index (χ4v) is 2.95. The summed E-state index contributed by atoms with van der Waals surface area (Å²) in [5.74, 6) is -0.236. The maximum atomic E-state index is 13.4. The number of fused-ring (bicyclic) bond motifs is 1. The Kier molecular flexibility index (Phi) is 3.17. The van der Waals surface area contributed by atoms with E-state index in [0.717, 1.165) is 30.2 Å². The molecule has 2 aromatic rings. The maximum Gasteiger partial charge on any atom is 0.159 e. The second-order valence-corrected chi connectivity index (χ2v) is 6.45. The Bertz CT molecular complexity index is 680. The van der Waals surface area contributed by atoms with E-state index in [1.807, 2.05) is 0 Å². The van der Waals surface area contributed by atoms with Gasteiger partial charge in [0, 0.05) is 35.1 Å². The minimum atomic E-state index is -0.511. The lowest BCUT2D eigenvalue weighted by Crippen LogP contribution is -2.30. The van der Waals surface area contributed by atoms with Crippen molar-refractivity contribution >= 4 is 0 Å². The molecule has 0 amide bonds. The SMILES string of the molecule is CC1(C)Cc2nc(-c3cc(O)cc(F)c3)ncc2C(N)C1. The van der Waals surface area contributed by atoms with Gasteiger partial charge in [0.15, 0.2) is 5.82 Å². The zero-order valence-electron chi connectivity index (χ0n) is 12.1. The summed E-state index contributed by atoms with van der Waals surface area (Å²) < 4.78 is 13.4. The van der Waals surface area contributed by atoms with Crippen molar-refractivity contribution in [3.05, 3.63) is 41.5 Å². The molecule has 110 valence electrons. The number of phenols is 1. The highest BCUT2D eigenvalue weighted by atomic mass is 19.1. The molecule has 5 heteroatoms. The van der Waals surface area contributed by atoms with Gasteiger partial charge in [0.2, 0.25) is 0 Å². The molecule has 0 spiro atoms. The minimum Gasteiger partial charge on any atom is -0.508 e. The molecule has 0 saturated carbocycles. The fraction of sp³-hybridized carbons (Fsp3) is 0.375. The van der Waals surface area contributed by atoms with Crippen LogP contribution in [0.5, 0.6) is 5.75 Å². The summed E-state index contributed by atoms with van der Waals surface area (Å²) in [5.41, 5.74) is 8.60. The Hall–Kier alpha value is -2.01. The first kappa shape index (κ1) is 13.9. The largest absolute Gasteiger partial charge is 0.508 e. The molecule has 1 atom stereocenters. The Labute approximate surface area is 122 Å². The third-order valence-electron chi connectivity index (χ3n) is 3.86. The highest BCUT2D eigenvalue weighted by Crippen LogP contribution is 2.39. The Morgan fingerprint density at radius 3 is 2.81 bits per heavy atom. The molecule has 3 rings (SSSR count). The second-order valence-electron chi connectivity index (χ2n) is 6.45. The molecular formula is C16H18FN3O. The summed E-state index contributed by atoms with van der Waals surface area (Å²) in [5, 5.41) is 9.50. The van der Waals surface area contributed by atoms with Gasteiger partial charge in [-0.15, -0.1) is 0 Å². The lowest BCUT2D eigenvalue weighted by Gasteiger charge is -2.34. The van der Waals surface area contributed by atoms with Gasteiger partial charge in [-0.05, 0) is 30.4 Å². The molecule has 0 fully saturated rings. The number of phenolic OH excluding ortho intramolecular Hbond substituents is 1. The molecule has 0 aliphatic heterocycles. The van der Waals surface area contributed by atoms with E-state index in [1.165, 1.54) is 12.1 Å². The van der Waals surface area contributed by atoms with Crippen LogP contribution in [-0.2, 0) is 6.42 Å². The van der Waals surface area contributed by atoms with Crippen LogP contribution < -0.4 is 5.73 Å². The molecule has 0 saturated heterocycles. The molecule has 1 aliphatic carbocycles. The molecule has 1 aromatic carbocycles. The first-order chi connectivity index (χ1) is 9.84. The lowest BCUT2D eigenvalue weighted by molar-refractivity contribution is 0.278. The minimum absolute atomic E-state index is 0.0706. The van der Waals surface area contributed by atoms with E-state index in [4.69, 9.17) is 5.73 Å². The van der Waals surface area contributed by atoms with Gasteiger partial charge in [0.1, 0.15) is 11.6 Å². The topological polar surface area (TPSA) is 72.0 Å². The quantitative estimate of drug-likeness (QED) is 0.846. The van der Waals surface area contributed by atoms with Crippen LogP contribution in [0.25, 0.3) is 11.4 Å².